The minimum absolute atomic E-state index is 0.360. The number of carboxylic acid groups (broad SMARTS) is 2. The summed E-state index contributed by atoms with van der Waals surface area (Å²) in [6, 6.07) is 11.6. The summed E-state index contributed by atoms with van der Waals surface area (Å²) in [5.74, 6) is -1.61. The zero-order valence-corrected chi connectivity index (χ0v) is 19.5. The van der Waals surface area contributed by atoms with Crippen LogP contribution in [0.25, 0.3) is 0 Å². The Hall–Kier alpha value is -2.82. The third-order valence-corrected chi connectivity index (χ3v) is 5.46. The van der Waals surface area contributed by atoms with E-state index in [0.29, 0.717) is 5.75 Å². The zero-order valence-electron chi connectivity index (χ0n) is 18.0. The van der Waals surface area contributed by atoms with Crippen LogP contribution in [0.4, 0.5) is 0 Å². The second-order valence-corrected chi connectivity index (χ2v) is 8.03. The molecule has 32 heavy (non-hydrogen) atoms. The maximum atomic E-state index is 10.0. The van der Waals surface area contributed by atoms with Crippen molar-refractivity contribution in [3.63, 3.8) is 0 Å². The van der Waals surface area contributed by atoms with Gasteiger partial charge in [-0.25, -0.2) is 9.59 Å². The lowest BCUT2D eigenvalue weighted by Crippen LogP contribution is -2.45. The van der Waals surface area contributed by atoms with Gasteiger partial charge in [-0.3, -0.25) is 9.80 Å². The predicted molar refractivity (Wildman–Crippen MR) is 121 cm³/mol. The van der Waals surface area contributed by atoms with E-state index < -0.39 is 11.9 Å². The number of aliphatic carboxylic acids is 2. The van der Waals surface area contributed by atoms with E-state index in [-0.39, 0.29) is 0 Å². The van der Waals surface area contributed by atoms with Crippen LogP contribution in [0.2, 0.25) is 0 Å². The van der Waals surface area contributed by atoms with E-state index in [1.165, 1.54) is 5.56 Å². The number of benzene rings is 2. The van der Waals surface area contributed by atoms with Crippen LogP contribution in [0.3, 0.4) is 0 Å². The predicted octanol–water partition coefficient (Wildman–Crippen LogP) is 2.65. The fourth-order valence-corrected chi connectivity index (χ4v) is 3.66. The number of piperazine rings is 1. The second kappa shape index (κ2) is 12.3. The van der Waals surface area contributed by atoms with Crippen molar-refractivity contribution in [2.24, 2.45) is 0 Å². The molecule has 2 aromatic rings. The van der Waals surface area contributed by atoms with Gasteiger partial charge in [0.05, 0.1) is 14.2 Å². The first-order valence-electron chi connectivity index (χ1n) is 9.82. The lowest BCUT2D eigenvalue weighted by Gasteiger charge is -2.35. The number of phenols is 1. The molecule has 0 amide bonds. The van der Waals surface area contributed by atoms with E-state index in [1.807, 2.05) is 24.3 Å². The van der Waals surface area contributed by atoms with Gasteiger partial charge in [-0.2, -0.15) is 0 Å². The van der Waals surface area contributed by atoms with Gasteiger partial charge in [0.1, 0.15) is 17.2 Å². The van der Waals surface area contributed by atoms with Gasteiger partial charge in [0, 0.05) is 60.9 Å². The minimum atomic E-state index is -1.82. The lowest BCUT2D eigenvalue weighted by molar-refractivity contribution is -0.159. The standard InChI is InChI=1S/C20H25BrN2O3.C2H2O4/c1-25-18-5-3-15(20(12-18)26-2)13-22-7-9-23(10-8-22)14-16-11-17(21)4-6-19(16)24;3-1(4)2(5)6/h3-6,11-12,24H,7-10,13-14H2,1-2H3;(H,3,4)(H,5,6). The van der Waals surface area contributed by atoms with E-state index in [4.69, 9.17) is 29.3 Å². The van der Waals surface area contributed by atoms with E-state index in [9.17, 15) is 5.11 Å². The van der Waals surface area contributed by atoms with Crippen molar-refractivity contribution in [1.29, 1.82) is 0 Å². The Morgan fingerprint density at radius 3 is 1.94 bits per heavy atom. The van der Waals surface area contributed by atoms with Crippen molar-refractivity contribution < 1.29 is 34.4 Å². The van der Waals surface area contributed by atoms with Crippen molar-refractivity contribution in [1.82, 2.24) is 9.80 Å². The largest absolute Gasteiger partial charge is 0.508 e. The Kier molecular flexibility index (Phi) is 9.76. The molecule has 1 aliphatic rings. The molecule has 2 aromatic carbocycles. The molecule has 3 rings (SSSR count). The molecule has 9 nitrogen and oxygen atoms in total. The van der Waals surface area contributed by atoms with Gasteiger partial charge in [-0.1, -0.05) is 22.0 Å². The summed E-state index contributed by atoms with van der Waals surface area (Å²) in [4.78, 5) is 23.0. The highest BCUT2D eigenvalue weighted by atomic mass is 79.9. The van der Waals surface area contributed by atoms with Crippen molar-refractivity contribution in [2.75, 3.05) is 40.4 Å². The minimum Gasteiger partial charge on any atom is -0.508 e. The Balaban J connectivity index is 0.000000534. The maximum Gasteiger partial charge on any atom is 0.414 e. The van der Waals surface area contributed by atoms with Crippen LogP contribution >= 0.6 is 15.9 Å². The number of ether oxygens (including phenoxy) is 2. The Morgan fingerprint density at radius 1 is 0.875 bits per heavy atom. The third kappa shape index (κ3) is 7.70. The van der Waals surface area contributed by atoms with Crippen LogP contribution in [-0.2, 0) is 22.7 Å². The molecule has 0 atom stereocenters. The average Bonchev–Trinajstić information content (AvgIpc) is 2.78. The van der Waals surface area contributed by atoms with Crippen molar-refractivity contribution in [3.05, 3.63) is 52.0 Å². The quantitative estimate of drug-likeness (QED) is 0.503. The van der Waals surface area contributed by atoms with E-state index in [2.05, 4.69) is 31.8 Å². The Bertz CT molecular complexity index is 918. The Morgan fingerprint density at radius 2 is 1.44 bits per heavy atom. The van der Waals surface area contributed by atoms with Crippen LogP contribution in [0, 0.1) is 0 Å². The van der Waals surface area contributed by atoms with E-state index in [0.717, 1.165) is 60.8 Å². The number of nitrogens with zero attached hydrogens (tertiary/aromatic N) is 2. The summed E-state index contributed by atoms with van der Waals surface area (Å²) >= 11 is 3.47. The molecule has 0 spiro atoms. The van der Waals surface area contributed by atoms with Crippen molar-refractivity contribution in [3.8, 4) is 17.2 Å². The van der Waals surface area contributed by atoms with Crippen molar-refractivity contribution >= 4 is 27.9 Å². The highest BCUT2D eigenvalue weighted by Gasteiger charge is 2.19. The molecular weight excluding hydrogens is 484 g/mol. The third-order valence-electron chi connectivity index (χ3n) is 4.97. The molecule has 1 heterocycles. The van der Waals surface area contributed by atoms with Crippen LogP contribution in [-0.4, -0.2) is 77.5 Å². The number of aromatic hydroxyl groups is 1. The molecule has 0 bridgehead atoms. The number of carboxylic acids is 2. The molecular formula is C22H27BrN2O7. The first kappa shape index (κ1) is 25.4. The number of carbonyl (C=O) groups is 2. The first-order valence-corrected chi connectivity index (χ1v) is 10.6. The molecule has 1 aliphatic heterocycles. The molecule has 0 aromatic heterocycles. The van der Waals surface area contributed by atoms with Crippen LogP contribution < -0.4 is 9.47 Å². The summed E-state index contributed by atoms with van der Waals surface area (Å²) in [5.41, 5.74) is 2.14. The molecule has 10 heteroatoms. The van der Waals surface area contributed by atoms with Gasteiger partial charge in [0.25, 0.3) is 0 Å². The smallest absolute Gasteiger partial charge is 0.414 e. The average molecular weight is 511 g/mol. The molecule has 0 radical (unpaired) electrons. The molecule has 3 N–H and O–H groups in total. The van der Waals surface area contributed by atoms with Crippen molar-refractivity contribution in [2.45, 2.75) is 13.1 Å². The van der Waals surface area contributed by atoms with Gasteiger partial charge >= 0.3 is 11.9 Å². The lowest BCUT2D eigenvalue weighted by atomic mass is 10.1. The normalized spacial score (nSPS) is 14.2. The van der Waals surface area contributed by atoms with Gasteiger partial charge < -0.3 is 24.8 Å². The van der Waals surface area contributed by atoms with E-state index >= 15 is 0 Å². The summed E-state index contributed by atoms with van der Waals surface area (Å²) in [6.07, 6.45) is 0. The zero-order chi connectivity index (χ0) is 23.7. The first-order chi connectivity index (χ1) is 15.2. The van der Waals surface area contributed by atoms with Gasteiger partial charge in [-0.15, -0.1) is 0 Å². The highest BCUT2D eigenvalue weighted by molar-refractivity contribution is 9.10. The highest BCUT2D eigenvalue weighted by Crippen LogP contribution is 2.27. The summed E-state index contributed by atoms with van der Waals surface area (Å²) in [6.45, 7) is 5.57. The Labute approximate surface area is 194 Å². The molecule has 0 aliphatic carbocycles. The SMILES string of the molecule is COc1ccc(CN2CCN(Cc3cc(Br)ccc3O)CC2)c(OC)c1.O=C(O)C(=O)O. The number of halogens is 1. The number of phenolic OH excluding ortho intramolecular Hbond substituents is 1. The number of hydrogen-bond donors (Lipinski definition) is 3. The number of rotatable bonds is 6. The van der Waals surface area contributed by atoms with Gasteiger partial charge in [0.15, 0.2) is 0 Å². The molecule has 0 unspecified atom stereocenters. The van der Waals surface area contributed by atoms with Gasteiger partial charge in [0.2, 0.25) is 0 Å². The van der Waals surface area contributed by atoms with Crippen LogP contribution in [0.1, 0.15) is 11.1 Å². The summed E-state index contributed by atoms with van der Waals surface area (Å²) < 4.78 is 11.8. The molecule has 1 fully saturated rings. The molecule has 1 saturated heterocycles. The van der Waals surface area contributed by atoms with Crippen LogP contribution in [0.5, 0.6) is 17.2 Å². The fourth-order valence-electron chi connectivity index (χ4n) is 3.25. The summed E-state index contributed by atoms with van der Waals surface area (Å²) in [7, 11) is 3.36. The number of methoxy groups -OCH3 is 2. The monoisotopic (exact) mass is 510 g/mol. The van der Waals surface area contributed by atoms with Crippen LogP contribution in [0.15, 0.2) is 40.9 Å². The van der Waals surface area contributed by atoms with Gasteiger partial charge in [-0.05, 0) is 24.3 Å². The maximum absolute atomic E-state index is 10.0. The van der Waals surface area contributed by atoms with E-state index in [1.54, 1.807) is 20.3 Å². The summed E-state index contributed by atoms with van der Waals surface area (Å²) in [5, 5.41) is 24.8. The number of hydrogen-bond acceptors (Lipinski definition) is 7. The molecule has 174 valence electrons. The molecule has 0 saturated carbocycles. The second-order valence-electron chi connectivity index (χ2n) is 7.11. The fraction of sp³-hybridized carbons (Fsp3) is 0.364. The topological polar surface area (TPSA) is 120 Å².